The topological polar surface area (TPSA) is 37.3 Å². The fourth-order valence-electron chi connectivity index (χ4n) is 1.05. The number of rotatable bonds is 3. The Labute approximate surface area is 96.2 Å². The zero-order chi connectivity index (χ0) is 10.6. The van der Waals surface area contributed by atoms with Crippen molar-refractivity contribution < 1.29 is 9.90 Å². The summed E-state index contributed by atoms with van der Waals surface area (Å²) in [5.74, 6) is -0.331. The van der Waals surface area contributed by atoms with Crippen LogP contribution in [0.1, 0.15) is 15.9 Å². The Balaban J connectivity index is 3.15. The van der Waals surface area contributed by atoms with E-state index in [1.807, 2.05) is 0 Å². The second-order valence-corrected chi connectivity index (χ2v) is 3.90. The van der Waals surface area contributed by atoms with Gasteiger partial charge in [-0.15, -0.1) is 0 Å². The van der Waals surface area contributed by atoms with Gasteiger partial charge in [0.25, 0.3) is 0 Å². The number of carbonyl (C=O) groups is 1. The lowest BCUT2D eigenvalue weighted by atomic mass is 10.1. The summed E-state index contributed by atoms with van der Waals surface area (Å²) < 4.78 is 0.862. The number of carboxylic acid groups (broad SMARTS) is 1. The van der Waals surface area contributed by atoms with E-state index in [0.717, 1.165) is 4.47 Å². The molecular formula is C10H9BrO2S. The van der Waals surface area contributed by atoms with Gasteiger partial charge in [-0.25, -0.2) is 4.79 Å². The number of benzene rings is 1. The van der Waals surface area contributed by atoms with E-state index in [1.54, 1.807) is 30.4 Å². The largest absolute Gasteiger partial charge is 0.478 e. The normalized spacial score (nSPS) is 10.7. The number of thiol groups is 1. The van der Waals surface area contributed by atoms with Crippen LogP contribution in [-0.2, 0) is 0 Å². The Kier molecular flexibility index (Phi) is 4.22. The number of halogens is 1. The highest BCUT2D eigenvalue weighted by molar-refractivity contribution is 9.10. The van der Waals surface area contributed by atoms with Gasteiger partial charge in [-0.1, -0.05) is 28.1 Å². The maximum atomic E-state index is 10.8. The van der Waals surface area contributed by atoms with Crippen LogP contribution in [0.4, 0.5) is 0 Å². The van der Waals surface area contributed by atoms with Crippen LogP contribution < -0.4 is 0 Å². The number of aromatic carboxylic acids is 1. The monoisotopic (exact) mass is 272 g/mol. The van der Waals surface area contributed by atoms with Crippen LogP contribution in [0.25, 0.3) is 6.08 Å². The third-order valence-corrected chi connectivity index (χ3v) is 2.35. The van der Waals surface area contributed by atoms with Crippen molar-refractivity contribution in [2.75, 3.05) is 5.75 Å². The second kappa shape index (κ2) is 5.22. The standard InChI is InChI=1S/C10H9BrO2S/c11-8-3-4-9(10(12)13)7(6-8)2-1-5-14/h1-4,6,14H,5H2,(H,12,13). The van der Waals surface area contributed by atoms with Crippen LogP contribution in [-0.4, -0.2) is 16.8 Å². The maximum Gasteiger partial charge on any atom is 0.336 e. The average Bonchev–Trinajstić information content (AvgIpc) is 2.14. The summed E-state index contributed by atoms with van der Waals surface area (Å²) >= 11 is 7.31. The van der Waals surface area contributed by atoms with Gasteiger partial charge >= 0.3 is 5.97 Å². The summed E-state index contributed by atoms with van der Waals surface area (Å²) in [6, 6.07) is 5.05. The summed E-state index contributed by atoms with van der Waals surface area (Å²) in [7, 11) is 0. The second-order valence-electron chi connectivity index (χ2n) is 2.62. The predicted octanol–water partition coefficient (Wildman–Crippen LogP) is 3.09. The predicted molar refractivity (Wildman–Crippen MR) is 64.0 cm³/mol. The molecule has 1 aromatic rings. The van der Waals surface area contributed by atoms with E-state index >= 15 is 0 Å². The van der Waals surface area contributed by atoms with E-state index in [9.17, 15) is 4.79 Å². The molecule has 0 atom stereocenters. The van der Waals surface area contributed by atoms with E-state index in [4.69, 9.17) is 5.11 Å². The molecule has 0 spiro atoms. The molecule has 4 heteroatoms. The number of hydrogen-bond acceptors (Lipinski definition) is 2. The average molecular weight is 273 g/mol. The molecule has 1 rings (SSSR count). The maximum absolute atomic E-state index is 10.8. The van der Waals surface area contributed by atoms with Crippen molar-refractivity contribution in [3.8, 4) is 0 Å². The zero-order valence-electron chi connectivity index (χ0n) is 7.27. The van der Waals surface area contributed by atoms with Crippen molar-refractivity contribution in [2.45, 2.75) is 0 Å². The quantitative estimate of drug-likeness (QED) is 0.830. The van der Waals surface area contributed by atoms with E-state index in [2.05, 4.69) is 28.6 Å². The number of hydrogen-bond donors (Lipinski definition) is 2. The molecule has 1 N–H and O–H groups in total. The molecule has 0 aliphatic rings. The first-order valence-electron chi connectivity index (χ1n) is 3.95. The van der Waals surface area contributed by atoms with Gasteiger partial charge in [-0.2, -0.15) is 12.6 Å². The molecule has 0 amide bonds. The van der Waals surface area contributed by atoms with E-state index in [-0.39, 0.29) is 0 Å². The Hall–Kier alpha value is -0.740. The van der Waals surface area contributed by atoms with Crippen molar-refractivity contribution in [1.82, 2.24) is 0 Å². The molecule has 0 radical (unpaired) electrons. The minimum Gasteiger partial charge on any atom is -0.478 e. The smallest absolute Gasteiger partial charge is 0.336 e. The third kappa shape index (κ3) is 2.89. The van der Waals surface area contributed by atoms with Gasteiger partial charge in [0.1, 0.15) is 0 Å². The van der Waals surface area contributed by atoms with Crippen LogP contribution >= 0.6 is 28.6 Å². The summed E-state index contributed by atoms with van der Waals surface area (Å²) in [5, 5.41) is 8.89. The fourth-order valence-corrected chi connectivity index (χ4v) is 1.53. The number of carboxylic acids is 1. The summed E-state index contributed by atoms with van der Waals surface area (Å²) in [6.45, 7) is 0. The SMILES string of the molecule is O=C(O)c1ccc(Br)cc1C=CCS. The molecule has 74 valence electrons. The van der Waals surface area contributed by atoms with Crippen LogP contribution in [0, 0.1) is 0 Å². The van der Waals surface area contributed by atoms with E-state index in [1.165, 1.54) is 0 Å². The molecule has 0 heterocycles. The van der Waals surface area contributed by atoms with Crippen LogP contribution in [0.3, 0.4) is 0 Å². The van der Waals surface area contributed by atoms with Crippen molar-refractivity contribution in [1.29, 1.82) is 0 Å². The highest BCUT2D eigenvalue weighted by Crippen LogP contribution is 2.18. The molecule has 2 nitrogen and oxygen atoms in total. The first kappa shape index (κ1) is 11.3. The Morgan fingerprint density at radius 1 is 1.57 bits per heavy atom. The summed E-state index contributed by atoms with van der Waals surface area (Å²) in [4.78, 5) is 10.8. The van der Waals surface area contributed by atoms with Crippen molar-refractivity contribution >= 4 is 40.6 Å². The van der Waals surface area contributed by atoms with Crippen LogP contribution in [0.2, 0.25) is 0 Å². The first-order chi connectivity index (χ1) is 6.65. The molecular weight excluding hydrogens is 264 g/mol. The molecule has 0 fully saturated rings. The highest BCUT2D eigenvalue weighted by atomic mass is 79.9. The lowest BCUT2D eigenvalue weighted by molar-refractivity contribution is 0.0696. The lowest BCUT2D eigenvalue weighted by Gasteiger charge is -2.01. The minimum atomic E-state index is -0.920. The summed E-state index contributed by atoms with van der Waals surface area (Å²) in [6.07, 6.45) is 3.55. The van der Waals surface area contributed by atoms with Gasteiger partial charge in [0.05, 0.1) is 5.56 Å². The highest BCUT2D eigenvalue weighted by Gasteiger charge is 2.07. The van der Waals surface area contributed by atoms with Crippen molar-refractivity contribution in [3.05, 3.63) is 39.9 Å². The van der Waals surface area contributed by atoms with Gasteiger partial charge in [0.15, 0.2) is 0 Å². The van der Waals surface area contributed by atoms with E-state index in [0.29, 0.717) is 16.9 Å². The zero-order valence-corrected chi connectivity index (χ0v) is 9.75. The van der Waals surface area contributed by atoms with Gasteiger partial charge in [-0.3, -0.25) is 0 Å². The Morgan fingerprint density at radius 2 is 2.29 bits per heavy atom. The molecule has 0 aromatic heterocycles. The minimum absolute atomic E-state index is 0.297. The molecule has 1 aromatic carbocycles. The Bertz CT molecular complexity index is 374. The van der Waals surface area contributed by atoms with Gasteiger partial charge in [-0.05, 0) is 23.8 Å². The van der Waals surface area contributed by atoms with Crippen LogP contribution in [0.5, 0.6) is 0 Å². The van der Waals surface area contributed by atoms with Crippen molar-refractivity contribution in [3.63, 3.8) is 0 Å². The molecule has 0 aliphatic heterocycles. The molecule has 0 unspecified atom stereocenters. The first-order valence-corrected chi connectivity index (χ1v) is 5.38. The molecule has 0 saturated carbocycles. The molecule has 0 saturated heterocycles. The van der Waals surface area contributed by atoms with Gasteiger partial charge in [0.2, 0.25) is 0 Å². The third-order valence-electron chi connectivity index (χ3n) is 1.65. The van der Waals surface area contributed by atoms with Crippen LogP contribution in [0.15, 0.2) is 28.7 Å². The van der Waals surface area contributed by atoms with E-state index < -0.39 is 5.97 Å². The Morgan fingerprint density at radius 3 is 2.86 bits per heavy atom. The molecule has 0 aliphatic carbocycles. The van der Waals surface area contributed by atoms with Gasteiger partial charge < -0.3 is 5.11 Å². The fraction of sp³-hybridized carbons (Fsp3) is 0.100. The molecule has 14 heavy (non-hydrogen) atoms. The van der Waals surface area contributed by atoms with Crippen molar-refractivity contribution in [2.24, 2.45) is 0 Å². The van der Waals surface area contributed by atoms with Gasteiger partial charge in [0, 0.05) is 10.2 Å². The summed E-state index contributed by atoms with van der Waals surface area (Å²) in [5.41, 5.74) is 0.979. The molecule has 0 bridgehead atoms. The lowest BCUT2D eigenvalue weighted by Crippen LogP contribution is -1.99.